The maximum atomic E-state index is 9.23. The van der Waals surface area contributed by atoms with Crippen LogP contribution in [0.3, 0.4) is 0 Å². The Morgan fingerprint density at radius 3 is 1.44 bits per heavy atom. The van der Waals surface area contributed by atoms with E-state index in [1.54, 1.807) is 18.2 Å². The molecule has 0 radical (unpaired) electrons. The Morgan fingerprint density at radius 1 is 0.720 bits per heavy atom. The zero-order valence-electron chi connectivity index (χ0n) is 14.3. The topological polar surface area (TPSA) is 43.7 Å². The maximum Gasteiger partial charge on any atom is 0.488 e. The van der Waals surface area contributed by atoms with Crippen molar-refractivity contribution < 1.29 is 10.0 Å². The molecule has 0 heterocycles. The van der Waals surface area contributed by atoms with Gasteiger partial charge in [0.1, 0.15) is 0 Å². The van der Waals surface area contributed by atoms with E-state index in [4.69, 9.17) is 0 Å². The molecule has 4 heteroatoms. The van der Waals surface area contributed by atoms with Gasteiger partial charge < -0.3 is 14.9 Å². The number of nitrogens with zero attached hydrogens (tertiary/aromatic N) is 1. The molecule has 0 saturated carbocycles. The summed E-state index contributed by atoms with van der Waals surface area (Å²) in [5, 5.41) is 18.5. The minimum atomic E-state index is -1.45. The van der Waals surface area contributed by atoms with E-state index in [0.717, 1.165) is 17.1 Å². The predicted octanol–water partition coefficient (Wildman–Crippen LogP) is 4.03. The summed E-state index contributed by atoms with van der Waals surface area (Å²) in [6.45, 7) is 5.25. The van der Waals surface area contributed by atoms with Gasteiger partial charge in [-0.2, -0.15) is 0 Å². The molecule has 2 N–H and O–H groups in total. The number of rotatable bonds is 4. The molecule has 0 amide bonds. The monoisotopic (exact) mass is 331 g/mol. The van der Waals surface area contributed by atoms with Crippen LogP contribution < -0.4 is 10.4 Å². The van der Waals surface area contributed by atoms with Crippen molar-refractivity contribution in [1.82, 2.24) is 0 Å². The van der Waals surface area contributed by atoms with Crippen molar-refractivity contribution in [2.45, 2.75) is 6.92 Å². The van der Waals surface area contributed by atoms with E-state index in [2.05, 4.69) is 11.5 Å². The summed E-state index contributed by atoms with van der Waals surface area (Å²) < 4.78 is 0. The second-order valence-corrected chi connectivity index (χ2v) is 5.38. The van der Waals surface area contributed by atoms with Gasteiger partial charge in [0.15, 0.2) is 0 Å². The normalized spacial score (nSPS) is 9.56. The van der Waals surface area contributed by atoms with Crippen molar-refractivity contribution >= 4 is 29.6 Å². The van der Waals surface area contributed by atoms with Crippen molar-refractivity contribution in [2.75, 3.05) is 4.90 Å². The molecule has 0 aromatic heterocycles. The van der Waals surface area contributed by atoms with Crippen LogP contribution in [0.1, 0.15) is 6.92 Å². The first-order chi connectivity index (χ1) is 12.2. The molecule has 0 atom stereocenters. The summed E-state index contributed by atoms with van der Waals surface area (Å²) in [5.74, 6) is 0. The summed E-state index contributed by atoms with van der Waals surface area (Å²) in [4.78, 5) is 2.12. The molecule has 0 aliphatic heterocycles. The van der Waals surface area contributed by atoms with Crippen molar-refractivity contribution in [3.8, 4) is 0 Å². The van der Waals surface area contributed by atoms with Gasteiger partial charge in [0.25, 0.3) is 0 Å². The van der Waals surface area contributed by atoms with Crippen LogP contribution in [-0.2, 0) is 0 Å². The summed E-state index contributed by atoms with van der Waals surface area (Å²) >= 11 is 0. The van der Waals surface area contributed by atoms with Gasteiger partial charge in [-0.1, -0.05) is 54.6 Å². The van der Waals surface area contributed by atoms with E-state index in [0.29, 0.717) is 5.46 Å². The molecule has 3 aromatic carbocycles. The summed E-state index contributed by atoms with van der Waals surface area (Å²) in [5.41, 5.74) is 3.53. The first kappa shape index (κ1) is 18.5. The summed E-state index contributed by atoms with van der Waals surface area (Å²) in [7, 11) is -1.45. The third-order valence-electron chi connectivity index (χ3n) is 3.48. The fourth-order valence-electron chi connectivity index (χ4n) is 2.40. The van der Waals surface area contributed by atoms with E-state index in [1.807, 2.05) is 79.7 Å². The van der Waals surface area contributed by atoms with Gasteiger partial charge in [-0.25, -0.2) is 0 Å². The highest BCUT2D eigenvalue weighted by Gasteiger charge is 2.14. The van der Waals surface area contributed by atoms with Crippen molar-refractivity contribution in [1.29, 1.82) is 0 Å². The molecule has 126 valence electrons. The number of benzene rings is 3. The Hall–Kier alpha value is -2.82. The third-order valence-corrected chi connectivity index (χ3v) is 3.48. The first-order valence-electron chi connectivity index (χ1n) is 8.10. The van der Waals surface area contributed by atoms with Crippen LogP contribution in [0.25, 0.3) is 0 Å². The lowest BCUT2D eigenvalue weighted by atomic mass is 9.80. The Labute approximate surface area is 149 Å². The minimum absolute atomic E-state index is 0.477. The Bertz CT molecular complexity index is 719. The van der Waals surface area contributed by atoms with Gasteiger partial charge in [-0.05, 0) is 48.8 Å². The quantitative estimate of drug-likeness (QED) is 0.560. The van der Waals surface area contributed by atoms with E-state index in [1.165, 1.54) is 0 Å². The molecule has 3 aromatic rings. The van der Waals surface area contributed by atoms with Crippen molar-refractivity contribution in [3.63, 3.8) is 0 Å². The molecule has 0 unspecified atom stereocenters. The molecule has 3 rings (SSSR count). The molecule has 0 fully saturated rings. The SMILES string of the molecule is C=CC.OB(O)c1ccc(N(c2ccccc2)c2ccccc2)cc1. The second kappa shape index (κ2) is 9.47. The molecule has 0 saturated heterocycles. The average Bonchev–Trinajstić information content (AvgIpc) is 2.65. The first-order valence-corrected chi connectivity index (χ1v) is 8.10. The van der Waals surface area contributed by atoms with E-state index < -0.39 is 7.12 Å². The lowest BCUT2D eigenvalue weighted by Gasteiger charge is -2.25. The van der Waals surface area contributed by atoms with Gasteiger partial charge in [-0.15, -0.1) is 6.58 Å². The number of para-hydroxylation sites is 2. The molecule has 0 aliphatic carbocycles. The summed E-state index contributed by atoms with van der Waals surface area (Å²) in [6.07, 6.45) is 1.75. The van der Waals surface area contributed by atoms with Crippen LogP contribution in [0.4, 0.5) is 17.1 Å². The van der Waals surface area contributed by atoms with Crippen molar-refractivity contribution in [2.24, 2.45) is 0 Å². The zero-order chi connectivity index (χ0) is 18.1. The van der Waals surface area contributed by atoms with E-state index in [-0.39, 0.29) is 0 Å². The molecule has 0 aliphatic rings. The van der Waals surface area contributed by atoms with Crippen LogP contribution in [0, 0.1) is 0 Å². The average molecular weight is 331 g/mol. The lowest BCUT2D eigenvalue weighted by molar-refractivity contribution is 0.426. The van der Waals surface area contributed by atoms with Gasteiger partial charge in [0.05, 0.1) is 0 Å². The van der Waals surface area contributed by atoms with E-state index >= 15 is 0 Å². The third kappa shape index (κ3) is 5.08. The highest BCUT2D eigenvalue weighted by Crippen LogP contribution is 2.33. The van der Waals surface area contributed by atoms with Gasteiger partial charge in [0.2, 0.25) is 0 Å². The van der Waals surface area contributed by atoms with Crippen molar-refractivity contribution in [3.05, 3.63) is 97.6 Å². The number of allylic oxidation sites excluding steroid dienone is 1. The van der Waals surface area contributed by atoms with E-state index in [9.17, 15) is 10.0 Å². The number of anilines is 3. The van der Waals surface area contributed by atoms with Crippen LogP contribution in [-0.4, -0.2) is 17.2 Å². The van der Waals surface area contributed by atoms with Gasteiger partial charge in [0, 0.05) is 17.1 Å². The zero-order valence-corrected chi connectivity index (χ0v) is 14.3. The number of hydrogen-bond donors (Lipinski definition) is 2. The van der Waals surface area contributed by atoms with Gasteiger partial charge >= 0.3 is 7.12 Å². The smallest absolute Gasteiger partial charge is 0.423 e. The van der Waals surface area contributed by atoms with Crippen LogP contribution in [0.15, 0.2) is 97.6 Å². The number of hydrogen-bond acceptors (Lipinski definition) is 3. The van der Waals surface area contributed by atoms with Gasteiger partial charge in [-0.3, -0.25) is 0 Å². The standard InChI is InChI=1S/C18H16BNO2.C3H6/c21-19(22)15-11-13-18(14-12-15)20(16-7-3-1-4-8-16)17-9-5-2-6-10-17;1-3-2/h1-14,21-22H;3H,1H2,2H3. The largest absolute Gasteiger partial charge is 0.488 e. The molecule has 3 nitrogen and oxygen atoms in total. The fourth-order valence-corrected chi connectivity index (χ4v) is 2.40. The van der Waals surface area contributed by atoms with Crippen LogP contribution in [0.5, 0.6) is 0 Å². The highest BCUT2D eigenvalue weighted by atomic mass is 16.4. The molecule has 0 bridgehead atoms. The Balaban J connectivity index is 0.000000701. The maximum absolute atomic E-state index is 9.23. The predicted molar refractivity (Wildman–Crippen MR) is 107 cm³/mol. The minimum Gasteiger partial charge on any atom is -0.423 e. The Morgan fingerprint density at radius 2 is 1.08 bits per heavy atom. The van der Waals surface area contributed by atoms with Crippen LogP contribution >= 0.6 is 0 Å². The Kier molecular flexibility index (Phi) is 7.02. The molecular formula is C21H22BNO2. The fraction of sp³-hybridized carbons (Fsp3) is 0.0476. The highest BCUT2D eigenvalue weighted by molar-refractivity contribution is 6.58. The lowest BCUT2D eigenvalue weighted by Crippen LogP contribution is -2.29. The summed E-state index contributed by atoms with van der Waals surface area (Å²) in [6, 6.07) is 27.3. The molecule has 25 heavy (non-hydrogen) atoms. The molecule has 0 spiro atoms. The second-order valence-electron chi connectivity index (χ2n) is 5.38. The molecular weight excluding hydrogens is 309 g/mol. The van der Waals surface area contributed by atoms with Crippen LogP contribution in [0.2, 0.25) is 0 Å².